The summed E-state index contributed by atoms with van der Waals surface area (Å²) < 4.78 is 0. The molecule has 0 heterocycles. The van der Waals surface area contributed by atoms with E-state index in [2.05, 4.69) is 65.1 Å². The highest BCUT2D eigenvalue weighted by Gasteiger charge is 2.28. The van der Waals surface area contributed by atoms with Crippen molar-refractivity contribution >= 4 is 11.9 Å². The molecule has 0 aliphatic heterocycles. The molecule has 0 aromatic heterocycles. The predicted octanol–water partition coefficient (Wildman–Crippen LogP) is 2.82. The third-order valence-electron chi connectivity index (χ3n) is 4.65. The molecule has 1 aromatic carbocycles. The number of aliphatic imine (C=N–C) groups is 1. The van der Waals surface area contributed by atoms with Gasteiger partial charge in [0.15, 0.2) is 5.96 Å². The van der Waals surface area contributed by atoms with Gasteiger partial charge >= 0.3 is 0 Å². The summed E-state index contributed by atoms with van der Waals surface area (Å²) in [4.78, 5) is 16.0. The zero-order valence-corrected chi connectivity index (χ0v) is 16.4. The fourth-order valence-electron chi connectivity index (χ4n) is 2.96. The van der Waals surface area contributed by atoms with Crippen molar-refractivity contribution in [3.05, 3.63) is 35.9 Å². The van der Waals surface area contributed by atoms with Crippen molar-refractivity contribution in [2.45, 2.75) is 58.4 Å². The third kappa shape index (κ3) is 6.77. The van der Waals surface area contributed by atoms with E-state index in [9.17, 15) is 4.79 Å². The van der Waals surface area contributed by atoms with Gasteiger partial charge in [-0.05, 0) is 32.3 Å². The molecule has 0 radical (unpaired) electrons. The lowest BCUT2D eigenvalue weighted by atomic mass is 9.76. The maximum atomic E-state index is 11.7. The monoisotopic (exact) mass is 346 g/mol. The quantitative estimate of drug-likeness (QED) is 0.476. The van der Waals surface area contributed by atoms with Crippen LogP contribution in [0.4, 0.5) is 0 Å². The summed E-state index contributed by atoms with van der Waals surface area (Å²) in [7, 11) is 1.76. The van der Waals surface area contributed by atoms with Crippen molar-refractivity contribution in [3.63, 3.8) is 0 Å². The summed E-state index contributed by atoms with van der Waals surface area (Å²) in [5.74, 6) is 0.790. The standard InChI is InChI=1S/C20H34N4O/c1-6-20(7-2,17-11-9-8-10-12-17)15-23-19(21-5)22-14-13-18(25)24-16(3)4/h8-12,16H,6-7,13-15H2,1-5H3,(H,24,25)(H2,21,22,23). The molecular weight excluding hydrogens is 312 g/mol. The van der Waals surface area contributed by atoms with E-state index in [0.717, 1.165) is 25.3 Å². The van der Waals surface area contributed by atoms with Crippen molar-refractivity contribution < 1.29 is 4.79 Å². The van der Waals surface area contributed by atoms with Gasteiger partial charge in [0.25, 0.3) is 0 Å². The van der Waals surface area contributed by atoms with Gasteiger partial charge in [0, 0.05) is 38.0 Å². The number of amides is 1. The number of rotatable bonds is 9. The van der Waals surface area contributed by atoms with Gasteiger partial charge in [-0.25, -0.2) is 0 Å². The van der Waals surface area contributed by atoms with Gasteiger partial charge in [0.2, 0.25) is 5.91 Å². The molecule has 0 aliphatic carbocycles. The number of guanidine groups is 1. The maximum absolute atomic E-state index is 11.7. The molecule has 0 aliphatic rings. The molecule has 1 rings (SSSR count). The topological polar surface area (TPSA) is 65.5 Å². The van der Waals surface area contributed by atoms with Crippen molar-refractivity contribution in [1.82, 2.24) is 16.0 Å². The summed E-state index contributed by atoms with van der Waals surface area (Å²) in [5.41, 5.74) is 1.42. The Morgan fingerprint density at radius 2 is 1.76 bits per heavy atom. The molecule has 5 nitrogen and oxygen atoms in total. The normalized spacial score (nSPS) is 12.2. The zero-order valence-electron chi connectivity index (χ0n) is 16.4. The van der Waals surface area contributed by atoms with E-state index in [1.54, 1.807) is 7.05 Å². The van der Waals surface area contributed by atoms with Gasteiger partial charge in [-0.1, -0.05) is 44.2 Å². The Hall–Kier alpha value is -2.04. The van der Waals surface area contributed by atoms with Gasteiger partial charge in [0.1, 0.15) is 0 Å². The zero-order chi connectivity index (χ0) is 18.7. The van der Waals surface area contributed by atoms with E-state index in [1.807, 2.05) is 13.8 Å². The van der Waals surface area contributed by atoms with E-state index in [-0.39, 0.29) is 17.4 Å². The average molecular weight is 347 g/mol. The van der Waals surface area contributed by atoms with E-state index in [4.69, 9.17) is 0 Å². The molecule has 0 atom stereocenters. The first-order valence-electron chi connectivity index (χ1n) is 9.26. The largest absolute Gasteiger partial charge is 0.356 e. The molecule has 0 spiro atoms. The fourth-order valence-corrected chi connectivity index (χ4v) is 2.96. The van der Waals surface area contributed by atoms with Crippen LogP contribution in [0.2, 0.25) is 0 Å². The molecule has 0 saturated heterocycles. The summed E-state index contributed by atoms with van der Waals surface area (Å²) in [6.07, 6.45) is 2.53. The van der Waals surface area contributed by atoms with Crippen molar-refractivity contribution in [2.24, 2.45) is 4.99 Å². The SMILES string of the molecule is CCC(CC)(CNC(=NC)NCCC(=O)NC(C)C)c1ccccc1. The first kappa shape index (κ1) is 21.0. The van der Waals surface area contributed by atoms with Crippen LogP contribution in [-0.4, -0.2) is 38.0 Å². The molecule has 25 heavy (non-hydrogen) atoms. The molecule has 0 unspecified atom stereocenters. The van der Waals surface area contributed by atoms with Crippen LogP contribution in [0.5, 0.6) is 0 Å². The minimum Gasteiger partial charge on any atom is -0.356 e. The Morgan fingerprint density at radius 3 is 2.28 bits per heavy atom. The summed E-state index contributed by atoms with van der Waals surface area (Å²) in [6, 6.07) is 10.8. The highest BCUT2D eigenvalue weighted by atomic mass is 16.1. The van der Waals surface area contributed by atoms with Gasteiger partial charge < -0.3 is 16.0 Å². The van der Waals surface area contributed by atoms with Gasteiger partial charge in [0.05, 0.1) is 0 Å². The molecule has 140 valence electrons. The first-order valence-corrected chi connectivity index (χ1v) is 9.26. The Balaban J connectivity index is 2.58. The number of hydrogen-bond acceptors (Lipinski definition) is 2. The highest BCUT2D eigenvalue weighted by molar-refractivity contribution is 5.81. The van der Waals surface area contributed by atoms with Crippen LogP contribution >= 0.6 is 0 Å². The van der Waals surface area contributed by atoms with Gasteiger partial charge in [-0.15, -0.1) is 0 Å². The molecular formula is C20H34N4O. The minimum absolute atomic E-state index is 0.0544. The van der Waals surface area contributed by atoms with Crippen LogP contribution in [0.3, 0.4) is 0 Å². The summed E-state index contributed by atoms with van der Waals surface area (Å²) >= 11 is 0. The van der Waals surface area contributed by atoms with Crippen molar-refractivity contribution in [3.8, 4) is 0 Å². The predicted molar refractivity (Wildman–Crippen MR) is 106 cm³/mol. The average Bonchev–Trinajstić information content (AvgIpc) is 2.61. The fraction of sp³-hybridized carbons (Fsp3) is 0.600. The lowest BCUT2D eigenvalue weighted by Gasteiger charge is -2.33. The summed E-state index contributed by atoms with van der Waals surface area (Å²) in [6.45, 7) is 9.75. The number of carbonyl (C=O) groups is 1. The number of nitrogens with one attached hydrogen (secondary N) is 3. The second kappa shape index (κ2) is 10.7. The van der Waals surface area contributed by atoms with Crippen LogP contribution in [0.25, 0.3) is 0 Å². The lowest BCUT2D eigenvalue weighted by Crippen LogP contribution is -2.46. The highest BCUT2D eigenvalue weighted by Crippen LogP contribution is 2.30. The number of nitrogens with zero attached hydrogens (tertiary/aromatic N) is 1. The van der Waals surface area contributed by atoms with E-state index in [0.29, 0.717) is 13.0 Å². The Kier molecular flexibility index (Phi) is 9.03. The molecule has 3 N–H and O–H groups in total. The molecule has 1 aromatic rings. The lowest BCUT2D eigenvalue weighted by molar-refractivity contribution is -0.121. The molecule has 0 fully saturated rings. The minimum atomic E-state index is 0.0544. The van der Waals surface area contributed by atoms with Crippen molar-refractivity contribution in [2.75, 3.05) is 20.1 Å². The van der Waals surface area contributed by atoms with E-state index < -0.39 is 0 Å². The van der Waals surface area contributed by atoms with Crippen LogP contribution in [0.1, 0.15) is 52.5 Å². The Labute approximate surface area is 152 Å². The van der Waals surface area contributed by atoms with Crippen LogP contribution in [0, 0.1) is 0 Å². The maximum Gasteiger partial charge on any atom is 0.221 e. The van der Waals surface area contributed by atoms with Crippen LogP contribution < -0.4 is 16.0 Å². The third-order valence-corrected chi connectivity index (χ3v) is 4.65. The van der Waals surface area contributed by atoms with Crippen LogP contribution in [-0.2, 0) is 10.2 Å². The second-order valence-corrected chi connectivity index (χ2v) is 6.68. The van der Waals surface area contributed by atoms with Gasteiger partial charge in [-0.2, -0.15) is 0 Å². The molecule has 0 saturated carbocycles. The van der Waals surface area contributed by atoms with Gasteiger partial charge in [-0.3, -0.25) is 9.79 Å². The molecule has 5 heteroatoms. The molecule has 0 bridgehead atoms. The Morgan fingerprint density at radius 1 is 1.12 bits per heavy atom. The first-order chi connectivity index (χ1) is 12.0. The smallest absolute Gasteiger partial charge is 0.221 e. The number of carbonyl (C=O) groups excluding carboxylic acids is 1. The number of hydrogen-bond donors (Lipinski definition) is 3. The number of benzene rings is 1. The molecule has 1 amide bonds. The second-order valence-electron chi connectivity index (χ2n) is 6.68. The van der Waals surface area contributed by atoms with Crippen molar-refractivity contribution in [1.29, 1.82) is 0 Å². The summed E-state index contributed by atoms with van der Waals surface area (Å²) in [5, 5.41) is 9.55. The van der Waals surface area contributed by atoms with Crippen LogP contribution in [0.15, 0.2) is 35.3 Å². The van der Waals surface area contributed by atoms with E-state index >= 15 is 0 Å². The Bertz CT molecular complexity index is 536. The van der Waals surface area contributed by atoms with E-state index in [1.165, 1.54) is 5.56 Å².